The highest BCUT2D eigenvalue weighted by Gasteiger charge is 2.30. The van der Waals surface area contributed by atoms with E-state index in [0.717, 1.165) is 12.8 Å². The molecule has 4 nitrogen and oxygen atoms in total. The molecule has 0 saturated carbocycles. The molecule has 3 N–H and O–H groups in total. The van der Waals surface area contributed by atoms with Gasteiger partial charge in [0.25, 0.3) is 0 Å². The van der Waals surface area contributed by atoms with E-state index in [-0.39, 0.29) is 17.4 Å². The van der Waals surface area contributed by atoms with Crippen molar-refractivity contribution in [1.82, 2.24) is 4.90 Å². The zero-order valence-corrected chi connectivity index (χ0v) is 11.3. The number of hydrogen-bond acceptors (Lipinski definition) is 3. The SMILES string of the molecule is CC(C)(C)C(CCN)CCC(=O)N1CC(O)C1. The quantitative estimate of drug-likeness (QED) is 0.755. The van der Waals surface area contributed by atoms with Gasteiger partial charge in [-0.2, -0.15) is 0 Å². The van der Waals surface area contributed by atoms with Gasteiger partial charge in [0.1, 0.15) is 0 Å². The van der Waals surface area contributed by atoms with Crippen molar-refractivity contribution < 1.29 is 9.90 Å². The van der Waals surface area contributed by atoms with Gasteiger partial charge in [-0.3, -0.25) is 4.79 Å². The van der Waals surface area contributed by atoms with Crippen LogP contribution in [-0.2, 0) is 4.79 Å². The van der Waals surface area contributed by atoms with E-state index in [2.05, 4.69) is 20.8 Å². The number of nitrogens with zero attached hydrogens (tertiary/aromatic N) is 1. The second-order valence-electron chi connectivity index (χ2n) is 6.13. The Bertz CT molecular complexity index is 255. The van der Waals surface area contributed by atoms with Gasteiger partial charge < -0.3 is 15.7 Å². The molecule has 1 amide bonds. The van der Waals surface area contributed by atoms with Gasteiger partial charge in [0.15, 0.2) is 0 Å². The number of nitrogens with two attached hydrogens (primary N) is 1. The van der Waals surface area contributed by atoms with E-state index in [9.17, 15) is 4.79 Å². The number of amides is 1. The fraction of sp³-hybridized carbons (Fsp3) is 0.923. The maximum atomic E-state index is 11.8. The number of hydrogen-bond donors (Lipinski definition) is 2. The lowest BCUT2D eigenvalue weighted by molar-refractivity contribution is -0.141. The standard InChI is InChI=1S/C13H26N2O2/c1-13(2,3)10(6-7-14)4-5-12(17)15-8-11(16)9-15/h10-11,16H,4-9,14H2,1-3H3. The fourth-order valence-corrected chi connectivity index (χ4v) is 2.33. The Morgan fingerprint density at radius 2 is 2.00 bits per heavy atom. The van der Waals surface area contributed by atoms with E-state index in [1.165, 1.54) is 0 Å². The maximum absolute atomic E-state index is 11.8. The molecular formula is C13H26N2O2. The Morgan fingerprint density at radius 1 is 1.41 bits per heavy atom. The number of β-amino-alcohol motifs (C(OH)–C–C–N with tert-alkyl or cyclic N) is 1. The van der Waals surface area contributed by atoms with E-state index < -0.39 is 0 Å². The summed E-state index contributed by atoms with van der Waals surface area (Å²) in [6.07, 6.45) is 2.14. The fourth-order valence-electron chi connectivity index (χ4n) is 2.33. The summed E-state index contributed by atoms with van der Waals surface area (Å²) in [5.74, 6) is 0.657. The summed E-state index contributed by atoms with van der Waals surface area (Å²) in [6, 6.07) is 0. The zero-order valence-electron chi connectivity index (χ0n) is 11.3. The molecule has 0 aromatic rings. The summed E-state index contributed by atoms with van der Waals surface area (Å²) in [5, 5.41) is 9.15. The lowest BCUT2D eigenvalue weighted by atomic mass is 9.76. The number of likely N-dealkylation sites (tertiary alicyclic amines) is 1. The molecule has 0 aromatic carbocycles. The van der Waals surface area contributed by atoms with Crippen LogP contribution in [0.2, 0.25) is 0 Å². The first-order valence-corrected chi connectivity index (χ1v) is 6.50. The molecule has 1 fully saturated rings. The van der Waals surface area contributed by atoms with Gasteiger partial charge in [-0.05, 0) is 30.7 Å². The number of aliphatic hydroxyl groups is 1. The Labute approximate surface area is 104 Å². The summed E-state index contributed by atoms with van der Waals surface area (Å²) in [5.41, 5.74) is 5.82. The van der Waals surface area contributed by atoms with Crippen LogP contribution in [-0.4, -0.2) is 41.7 Å². The van der Waals surface area contributed by atoms with E-state index >= 15 is 0 Å². The zero-order chi connectivity index (χ0) is 13.1. The van der Waals surface area contributed by atoms with Gasteiger partial charge in [0.05, 0.1) is 6.10 Å². The first kappa shape index (κ1) is 14.5. The molecular weight excluding hydrogens is 216 g/mol. The summed E-state index contributed by atoms with van der Waals surface area (Å²) in [7, 11) is 0. The second kappa shape index (κ2) is 5.83. The van der Waals surface area contributed by atoms with Crippen molar-refractivity contribution in [3.8, 4) is 0 Å². The first-order chi connectivity index (χ1) is 7.84. The molecule has 0 spiro atoms. The summed E-state index contributed by atoms with van der Waals surface area (Å²) in [6.45, 7) is 8.30. The Balaban J connectivity index is 2.33. The van der Waals surface area contributed by atoms with Crippen molar-refractivity contribution in [1.29, 1.82) is 0 Å². The molecule has 0 bridgehead atoms. The minimum absolute atomic E-state index is 0.168. The Hall–Kier alpha value is -0.610. The van der Waals surface area contributed by atoms with Crippen LogP contribution in [0.1, 0.15) is 40.0 Å². The number of carbonyl (C=O) groups excluding carboxylic acids is 1. The van der Waals surface area contributed by atoms with Gasteiger partial charge in [0.2, 0.25) is 5.91 Å². The van der Waals surface area contributed by atoms with E-state index in [1.54, 1.807) is 4.90 Å². The van der Waals surface area contributed by atoms with Crippen LogP contribution in [0.15, 0.2) is 0 Å². The van der Waals surface area contributed by atoms with E-state index in [4.69, 9.17) is 10.8 Å². The third kappa shape index (κ3) is 4.28. The summed E-state index contributed by atoms with van der Waals surface area (Å²) in [4.78, 5) is 13.5. The first-order valence-electron chi connectivity index (χ1n) is 6.50. The molecule has 1 saturated heterocycles. The number of aliphatic hydroxyl groups excluding tert-OH is 1. The van der Waals surface area contributed by atoms with Crippen LogP contribution in [0.3, 0.4) is 0 Å². The van der Waals surface area contributed by atoms with Crippen molar-refractivity contribution >= 4 is 5.91 Å². The van der Waals surface area contributed by atoms with Crippen LogP contribution in [0, 0.1) is 11.3 Å². The molecule has 100 valence electrons. The third-order valence-corrected chi connectivity index (χ3v) is 3.66. The molecule has 1 aliphatic rings. The van der Waals surface area contributed by atoms with Gasteiger partial charge in [0, 0.05) is 19.5 Å². The highest BCUT2D eigenvalue weighted by Crippen LogP contribution is 2.32. The largest absolute Gasteiger partial charge is 0.389 e. The normalized spacial score (nSPS) is 19.0. The monoisotopic (exact) mass is 242 g/mol. The average Bonchev–Trinajstić information content (AvgIpc) is 2.17. The minimum Gasteiger partial charge on any atom is -0.389 e. The van der Waals surface area contributed by atoms with Crippen LogP contribution < -0.4 is 5.73 Å². The van der Waals surface area contributed by atoms with Gasteiger partial charge in [-0.1, -0.05) is 20.8 Å². The summed E-state index contributed by atoms with van der Waals surface area (Å²) < 4.78 is 0. The van der Waals surface area contributed by atoms with Crippen molar-refractivity contribution in [2.75, 3.05) is 19.6 Å². The highest BCUT2D eigenvalue weighted by molar-refractivity contribution is 5.77. The molecule has 17 heavy (non-hydrogen) atoms. The molecule has 4 heteroatoms. The van der Waals surface area contributed by atoms with E-state index in [1.807, 2.05) is 0 Å². The van der Waals surface area contributed by atoms with Crippen molar-refractivity contribution in [3.63, 3.8) is 0 Å². The smallest absolute Gasteiger partial charge is 0.222 e. The van der Waals surface area contributed by atoms with Crippen LogP contribution in [0.25, 0.3) is 0 Å². The van der Waals surface area contributed by atoms with E-state index in [0.29, 0.717) is 32.0 Å². The highest BCUT2D eigenvalue weighted by atomic mass is 16.3. The van der Waals surface area contributed by atoms with Gasteiger partial charge in [-0.15, -0.1) is 0 Å². The second-order valence-corrected chi connectivity index (χ2v) is 6.13. The topological polar surface area (TPSA) is 66.6 Å². The molecule has 0 radical (unpaired) electrons. The Morgan fingerprint density at radius 3 is 2.41 bits per heavy atom. The molecule has 0 aliphatic carbocycles. The van der Waals surface area contributed by atoms with Crippen molar-refractivity contribution in [3.05, 3.63) is 0 Å². The lowest BCUT2D eigenvalue weighted by Crippen LogP contribution is -2.53. The maximum Gasteiger partial charge on any atom is 0.222 e. The van der Waals surface area contributed by atoms with Crippen LogP contribution in [0.5, 0.6) is 0 Å². The average molecular weight is 242 g/mol. The minimum atomic E-state index is -0.304. The molecule has 1 heterocycles. The van der Waals surface area contributed by atoms with Gasteiger partial charge in [-0.25, -0.2) is 0 Å². The van der Waals surface area contributed by atoms with Crippen molar-refractivity contribution in [2.24, 2.45) is 17.1 Å². The predicted octanol–water partition coefficient (Wildman–Crippen LogP) is 0.981. The van der Waals surface area contributed by atoms with Crippen molar-refractivity contribution in [2.45, 2.75) is 46.1 Å². The van der Waals surface area contributed by atoms with Crippen LogP contribution >= 0.6 is 0 Å². The molecule has 1 atom stereocenters. The molecule has 1 aliphatic heterocycles. The number of carbonyl (C=O) groups is 1. The number of rotatable bonds is 5. The molecule has 1 unspecified atom stereocenters. The lowest BCUT2D eigenvalue weighted by Gasteiger charge is -2.37. The van der Waals surface area contributed by atoms with Crippen LogP contribution in [0.4, 0.5) is 0 Å². The molecule has 1 rings (SSSR count). The van der Waals surface area contributed by atoms with Gasteiger partial charge >= 0.3 is 0 Å². The molecule has 0 aromatic heterocycles. The third-order valence-electron chi connectivity index (χ3n) is 3.66. The Kier molecular flexibility index (Phi) is 4.95. The summed E-state index contributed by atoms with van der Waals surface area (Å²) >= 11 is 0. The predicted molar refractivity (Wildman–Crippen MR) is 68.4 cm³/mol.